The molecule has 2 N–H and O–H groups in total. The van der Waals surface area contributed by atoms with Crippen LogP contribution in [0.25, 0.3) is 0 Å². The fourth-order valence-corrected chi connectivity index (χ4v) is 2.93. The number of anilines is 2. The van der Waals surface area contributed by atoms with Crippen LogP contribution in [0.1, 0.15) is 28.8 Å². The van der Waals surface area contributed by atoms with Gasteiger partial charge in [0.1, 0.15) is 5.69 Å². The largest absolute Gasteiger partial charge is 0.377 e. The van der Waals surface area contributed by atoms with Crippen molar-refractivity contribution in [3.63, 3.8) is 0 Å². The number of hydrogen-bond donors (Lipinski definition) is 2. The number of nitro groups is 1. The van der Waals surface area contributed by atoms with Crippen LogP contribution in [0.3, 0.4) is 0 Å². The Morgan fingerprint density at radius 2 is 2.07 bits per heavy atom. The van der Waals surface area contributed by atoms with E-state index in [1.165, 1.54) is 6.07 Å². The summed E-state index contributed by atoms with van der Waals surface area (Å²) in [6.07, 6.45) is 5.59. The van der Waals surface area contributed by atoms with Crippen molar-refractivity contribution in [1.82, 2.24) is 9.78 Å². The number of benzene rings is 2. The van der Waals surface area contributed by atoms with E-state index >= 15 is 0 Å². The first-order valence-electron chi connectivity index (χ1n) is 9.01. The molecule has 8 heteroatoms. The molecule has 4 rings (SSSR count). The van der Waals surface area contributed by atoms with Gasteiger partial charge in [-0.05, 0) is 48.7 Å². The Morgan fingerprint density at radius 1 is 1.21 bits per heavy atom. The van der Waals surface area contributed by atoms with Gasteiger partial charge in [0.2, 0.25) is 0 Å². The van der Waals surface area contributed by atoms with Crippen molar-refractivity contribution in [2.24, 2.45) is 0 Å². The first kappa shape index (κ1) is 17.7. The zero-order chi connectivity index (χ0) is 19.5. The molecule has 1 amide bonds. The molecule has 1 fully saturated rings. The Kier molecular flexibility index (Phi) is 4.76. The number of rotatable bonds is 7. The van der Waals surface area contributed by atoms with Gasteiger partial charge in [0.25, 0.3) is 11.6 Å². The Hall–Kier alpha value is -3.68. The highest BCUT2D eigenvalue weighted by molar-refractivity contribution is 6.05. The summed E-state index contributed by atoms with van der Waals surface area (Å²) in [7, 11) is 0. The number of nitro benzene ring substituents is 1. The van der Waals surface area contributed by atoms with Gasteiger partial charge >= 0.3 is 0 Å². The van der Waals surface area contributed by atoms with Crippen molar-refractivity contribution in [2.75, 3.05) is 10.6 Å². The van der Waals surface area contributed by atoms with Crippen molar-refractivity contribution in [3.8, 4) is 0 Å². The molecule has 142 valence electrons. The van der Waals surface area contributed by atoms with Gasteiger partial charge < -0.3 is 10.6 Å². The Morgan fingerprint density at radius 3 is 2.79 bits per heavy atom. The van der Waals surface area contributed by atoms with E-state index in [0.29, 0.717) is 17.9 Å². The molecule has 0 bridgehead atoms. The van der Waals surface area contributed by atoms with E-state index in [-0.39, 0.29) is 17.3 Å². The van der Waals surface area contributed by atoms with E-state index in [1.807, 2.05) is 30.5 Å². The monoisotopic (exact) mass is 377 g/mol. The number of nitrogens with zero attached hydrogens (tertiary/aromatic N) is 3. The number of hydrogen-bond acceptors (Lipinski definition) is 5. The molecular weight excluding hydrogens is 358 g/mol. The van der Waals surface area contributed by atoms with E-state index in [2.05, 4.69) is 15.7 Å². The van der Waals surface area contributed by atoms with Crippen LogP contribution >= 0.6 is 0 Å². The minimum Gasteiger partial charge on any atom is -0.377 e. The summed E-state index contributed by atoms with van der Waals surface area (Å²) in [5.41, 5.74) is 2.21. The first-order valence-corrected chi connectivity index (χ1v) is 9.01. The maximum absolute atomic E-state index is 12.6. The minimum absolute atomic E-state index is 0.0908. The van der Waals surface area contributed by atoms with Crippen LogP contribution in [0.4, 0.5) is 17.1 Å². The van der Waals surface area contributed by atoms with Gasteiger partial charge in [-0.1, -0.05) is 12.1 Å². The highest BCUT2D eigenvalue weighted by atomic mass is 16.6. The van der Waals surface area contributed by atoms with Gasteiger partial charge in [-0.25, -0.2) is 0 Å². The van der Waals surface area contributed by atoms with Crippen LogP contribution in [0.5, 0.6) is 0 Å². The third-order valence-electron chi connectivity index (χ3n) is 4.48. The highest BCUT2D eigenvalue weighted by Gasteiger charge is 2.25. The molecule has 1 heterocycles. The molecular formula is C20H19N5O3. The zero-order valence-electron chi connectivity index (χ0n) is 15.0. The fraction of sp³-hybridized carbons (Fsp3) is 0.200. The molecule has 0 radical (unpaired) electrons. The molecule has 0 saturated heterocycles. The molecule has 28 heavy (non-hydrogen) atoms. The van der Waals surface area contributed by atoms with Gasteiger partial charge in [0, 0.05) is 35.8 Å². The Labute approximate surface area is 161 Å². The summed E-state index contributed by atoms with van der Waals surface area (Å²) in [6.45, 7) is 0.587. The van der Waals surface area contributed by atoms with E-state index < -0.39 is 10.8 Å². The van der Waals surface area contributed by atoms with Crippen molar-refractivity contribution in [2.45, 2.75) is 25.4 Å². The number of carbonyl (C=O) groups excluding carboxylic acids is 1. The van der Waals surface area contributed by atoms with Crippen molar-refractivity contribution in [3.05, 3.63) is 82.2 Å². The lowest BCUT2D eigenvalue weighted by molar-refractivity contribution is -0.384. The van der Waals surface area contributed by atoms with Gasteiger partial charge in [0.15, 0.2) is 0 Å². The van der Waals surface area contributed by atoms with Crippen LogP contribution < -0.4 is 10.6 Å². The lowest BCUT2D eigenvalue weighted by Gasteiger charge is -2.10. The van der Waals surface area contributed by atoms with E-state index in [4.69, 9.17) is 0 Å². The molecule has 1 aliphatic rings. The van der Waals surface area contributed by atoms with Gasteiger partial charge in [-0.3, -0.25) is 19.6 Å². The average molecular weight is 377 g/mol. The second-order valence-corrected chi connectivity index (χ2v) is 6.77. The molecule has 0 aliphatic heterocycles. The second kappa shape index (κ2) is 7.51. The molecule has 1 aromatic heterocycles. The van der Waals surface area contributed by atoms with Crippen LogP contribution in [0.2, 0.25) is 0 Å². The van der Waals surface area contributed by atoms with Crippen molar-refractivity contribution < 1.29 is 9.72 Å². The number of aromatic nitrogens is 2. The maximum Gasteiger partial charge on any atom is 0.293 e. The highest BCUT2D eigenvalue weighted by Crippen LogP contribution is 2.31. The molecule has 3 aromatic rings. The third kappa shape index (κ3) is 4.17. The summed E-state index contributed by atoms with van der Waals surface area (Å²) < 4.78 is 1.79. The molecule has 1 saturated carbocycles. The van der Waals surface area contributed by atoms with Crippen molar-refractivity contribution >= 4 is 23.0 Å². The molecule has 0 spiro atoms. The van der Waals surface area contributed by atoms with E-state index in [1.54, 1.807) is 29.1 Å². The summed E-state index contributed by atoms with van der Waals surface area (Å²) in [5, 5.41) is 21.5. The normalized spacial score (nSPS) is 13.1. The topological polar surface area (TPSA) is 102 Å². The maximum atomic E-state index is 12.6. The summed E-state index contributed by atoms with van der Waals surface area (Å²) in [6, 6.07) is 14.1. The Balaban J connectivity index is 1.50. The van der Waals surface area contributed by atoms with Crippen LogP contribution in [-0.2, 0) is 6.54 Å². The molecule has 0 atom stereocenters. The lowest BCUT2D eigenvalue weighted by atomic mass is 10.1. The van der Waals surface area contributed by atoms with Crippen molar-refractivity contribution in [1.29, 1.82) is 0 Å². The molecule has 2 aromatic carbocycles. The summed E-state index contributed by atoms with van der Waals surface area (Å²) in [4.78, 5) is 23.5. The molecule has 8 nitrogen and oxygen atoms in total. The lowest BCUT2D eigenvalue weighted by Crippen LogP contribution is -2.13. The van der Waals surface area contributed by atoms with E-state index in [9.17, 15) is 14.9 Å². The number of nitrogens with one attached hydrogen (secondary N) is 2. The van der Waals surface area contributed by atoms with Gasteiger partial charge in [-0.15, -0.1) is 0 Å². The summed E-state index contributed by atoms with van der Waals surface area (Å²) >= 11 is 0. The summed E-state index contributed by atoms with van der Waals surface area (Å²) in [5.74, 6) is -0.391. The quantitative estimate of drug-likeness (QED) is 0.483. The van der Waals surface area contributed by atoms with Crippen LogP contribution in [0.15, 0.2) is 60.9 Å². The average Bonchev–Trinajstić information content (AvgIpc) is 3.35. The van der Waals surface area contributed by atoms with E-state index in [0.717, 1.165) is 18.4 Å². The third-order valence-corrected chi connectivity index (χ3v) is 4.48. The Bertz CT molecular complexity index is 1010. The first-order chi connectivity index (χ1) is 13.6. The minimum atomic E-state index is -0.466. The predicted molar refractivity (Wildman–Crippen MR) is 105 cm³/mol. The molecule has 1 aliphatic carbocycles. The fourth-order valence-electron chi connectivity index (χ4n) is 2.93. The standard InChI is InChI=1S/C20H19N5O3/c26-20(15-5-8-18(22-16-6-7-16)19(12-15)25(27)28)23-17-4-1-3-14(11-17)13-24-10-2-9-21-24/h1-5,8-12,16,22H,6-7,13H2,(H,23,26). The number of amides is 1. The van der Waals surface area contributed by atoms with Gasteiger partial charge in [0.05, 0.1) is 11.5 Å². The number of carbonyl (C=O) groups is 1. The SMILES string of the molecule is O=C(Nc1cccc(Cn2cccn2)c1)c1ccc(NC2CC2)c([N+](=O)[O-])c1. The van der Waals surface area contributed by atoms with Gasteiger partial charge in [-0.2, -0.15) is 5.10 Å². The molecule has 0 unspecified atom stereocenters. The van der Waals surface area contributed by atoms with Crippen LogP contribution in [0, 0.1) is 10.1 Å². The smallest absolute Gasteiger partial charge is 0.293 e. The van der Waals surface area contributed by atoms with Crippen LogP contribution in [-0.4, -0.2) is 26.7 Å². The zero-order valence-corrected chi connectivity index (χ0v) is 15.0. The predicted octanol–water partition coefficient (Wildman–Crippen LogP) is 3.67. The second-order valence-electron chi connectivity index (χ2n) is 6.77.